The fourth-order valence-electron chi connectivity index (χ4n) is 5.38. The molecule has 1 N–H and O–H groups in total. The number of thiophene rings is 2. The van der Waals surface area contributed by atoms with Gasteiger partial charge < -0.3 is 14.7 Å². The monoisotopic (exact) mass is 570 g/mol. The average molecular weight is 571 g/mol. The van der Waals surface area contributed by atoms with E-state index in [4.69, 9.17) is 11.6 Å². The number of hydrogen-bond donors (Lipinski definition) is 1. The lowest BCUT2D eigenvalue weighted by molar-refractivity contribution is -0.143. The van der Waals surface area contributed by atoms with E-state index in [1.54, 1.807) is 17.5 Å². The van der Waals surface area contributed by atoms with Crippen molar-refractivity contribution in [3.63, 3.8) is 0 Å². The fraction of sp³-hybridized carbons (Fsp3) is 0.583. The molecule has 5 rings (SSSR count). The van der Waals surface area contributed by atoms with Gasteiger partial charge in [-0.2, -0.15) is 4.72 Å². The zero-order valence-electron chi connectivity index (χ0n) is 20.0. The van der Waals surface area contributed by atoms with Crippen molar-refractivity contribution < 1.29 is 18.0 Å². The van der Waals surface area contributed by atoms with Crippen LogP contribution in [0.4, 0.5) is 0 Å². The molecular formula is C24H31ClN4O4S3. The van der Waals surface area contributed by atoms with Crippen molar-refractivity contribution in [1.29, 1.82) is 0 Å². The second-order valence-electron chi connectivity index (χ2n) is 9.72. The molecule has 2 amide bonds. The summed E-state index contributed by atoms with van der Waals surface area (Å²) in [6.45, 7) is 4.30. The smallest absolute Gasteiger partial charge is 0.250 e. The van der Waals surface area contributed by atoms with Crippen molar-refractivity contribution in [3.8, 4) is 10.4 Å². The lowest BCUT2D eigenvalue weighted by Crippen LogP contribution is -2.55. The number of carbonyl (C=O) groups is 2. The van der Waals surface area contributed by atoms with Crippen LogP contribution in [-0.4, -0.2) is 86.3 Å². The number of nitrogens with zero attached hydrogens (tertiary/aromatic N) is 3. The molecule has 0 radical (unpaired) electrons. The highest BCUT2D eigenvalue weighted by atomic mass is 35.5. The number of likely N-dealkylation sites (tertiary alicyclic amines) is 3. The predicted molar refractivity (Wildman–Crippen MR) is 143 cm³/mol. The van der Waals surface area contributed by atoms with Gasteiger partial charge in [-0.25, -0.2) is 8.42 Å². The third-order valence-corrected chi connectivity index (χ3v) is 11.4. The number of halogens is 1. The number of nitrogens with one attached hydrogen (secondary N) is 1. The first kappa shape index (κ1) is 26.1. The Hall–Kier alpha value is -1.50. The van der Waals surface area contributed by atoms with Crippen molar-refractivity contribution >= 4 is 56.1 Å². The van der Waals surface area contributed by atoms with E-state index in [0.717, 1.165) is 60.8 Å². The lowest BCUT2D eigenvalue weighted by atomic mass is 10.1. The van der Waals surface area contributed by atoms with Gasteiger partial charge in [0.2, 0.25) is 11.8 Å². The van der Waals surface area contributed by atoms with Gasteiger partial charge in [0.1, 0.15) is 10.3 Å². The molecule has 0 bridgehead atoms. The Balaban J connectivity index is 1.20. The van der Waals surface area contributed by atoms with E-state index in [2.05, 4.69) is 9.62 Å². The minimum absolute atomic E-state index is 0.00977. The fourth-order valence-corrected chi connectivity index (χ4v) is 8.90. The van der Waals surface area contributed by atoms with Crippen LogP contribution in [0.3, 0.4) is 0 Å². The summed E-state index contributed by atoms with van der Waals surface area (Å²) in [6.07, 6.45) is 5.49. The normalized spacial score (nSPS) is 23.6. The van der Waals surface area contributed by atoms with Gasteiger partial charge in [0.15, 0.2) is 0 Å². The Morgan fingerprint density at radius 3 is 2.61 bits per heavy atom. The van der Waals surface area contributed by atoms with E-state index < -0.39 is 16.1 Å². The molecule has 0 aromatic carbocycles. The van der Waals surface area contributed by atoms with Crippen LogP contribution >= 0.6 is 34.3 Å². The van der Waals surface area contributed by atoms with Crippen LogP contribution < -0.4 is 4.72 Å². The van der Waals surface area contributed by atoms with Crippen LogP contribution in [0.1, 0.15) is 38.5 Å². The summed E-state index contributed by atoms with van der Waals surface area (Å²) in [7, 11) is -3.87. The molecule has 2 atom stereocenters. The second-order valence-corrected chi connectivity index (χ2v) is 14.3. The largest absolute Gasteiger partial charge is 0.337 e. The zero-order chi connectivity index (χ0) is 25.3. The van der Waals surface area contributed by atoms with Crippen molar-refractivity contribution in [3.05, 3.63) is 27.9 Å². The van der Waals surface area contributed by atoms with Crippen molar-refractivity contribution in [2.75, 3.05) is 39.3 Å². The summed E-state index contributed by atoms with van der Waals surface area (Å²) in [4.78, 5) is 33.1. The van der Waals surface area contributed by atoms with Crippen molar-refractivity contribution in [2.45, 2.75) is 54.8 Å². The molecule has 5 heterocycles. The molecule has 2 aromatic rings. The van der Waals surface area contributed by atoms with Crippen molar-refractivity contribution in [1.82, 2.24) is 19.4 Å². The van der Waals surface area contributed by atoms with Crippen LogP contribution in [0.15, 0.2) is 27.8 Å². The molecule has 36 heavy (non-hydrogen) atoms. The molecule has 8 nitrogen and oxygen atoms in total. The maximum Gasteiger partial charge on any atom is 0.250 e. The molecule has 196 valence electrons. The summed E-state index contributed by atoms with van der Waals surface area (Å²) < 4.78 is 29.5. The molecule has 0 aliphatic carbocycles. The minimum Gasteiger partial charge on any atom is -0.337 e. The van der Waals surface area contributed by atoms with Crippen LogP contribution in [0.25, 0.3) is 10.4 Å². The highest BCUT2D eigenvalue weighted by Gasteiger charge is 2.36. The van der Waals surface area contributed by atoms with E-state index in [0.29, 0.717) is 23.7 Å². The summed E-state index contributed by atoms with van der Waals surface area (Å²) in [5.74, 6) is -0.360. The quantitative estimate of drug-likeness (QED) is 0.525. The van der Waals surface area contributed by atoms with E-state index in [1.807, 2.05) is 11.0 Å². The molecule has 12 heteroatoms. The Bertz CT molecular complexity index is 1210. The number of rotatable bonds is 8. The predicted octanol–water partition coefficient (Wildman–Crippen LogP) is 3.49. The highest BCUT2D eigenvalue weighted by molar-refractivity contribution is 7.91. The number of hydrogen-bond acceptors (Lipinski definition) is 7. The third kappa shape index (κ3) is 5.81. The molecule has 0 saturated carbocycles. The van der Waals surface area contributed by atoms with Gasteiger partial charge in [-0.1, -0.05) is 11.6 Å². The van der Waals surface area contributed by atoms with Crippen LogP contribution in [0.5, 0.6) is 0 Å². The zero-order valence-corrected chi connectivity index (χ0v) is 23.2. The van der Waals surface area contributed by atoms with E-state index >= 15 is 0 Å². The Kier molecular flexibility index (Phi) is 8.04. The maximum absolute atomic E-state index is 13.2. The first-order valence-electron chi connectivity index (χ1n) is 12.5. The van der Waals surface area contributed by atoms with Gasteiger partial charge >= 0.3 is 0 Å². The average Bonchev–Trinajstić information content (AvgIpc) is 3.64. The number of amides is 2. The Morgan fingerprint density at radius 1 is 1.08 bits per heavy atom. The van der Waals surface area contributed by atoms with E-state index in [-0.39, 0.29) is 28.6 Å². The van der Waals surface area contributed by atoms with E-state index in [9.17, 15) is 18.0 Å². The summed E-state index contributed by atoms with van der Waals surface area (Å²) >= 11 is 8.51. The van der Waals surface area contributed by atoms with Gasteiger partial charge in [0.25, 0.3) is 10.0 Å². The summed E-state index contributed by atoms with van der Waals surface area (Å²) in [5.41, 5.74) is 0.786. The molecule has 2 unspecified atom stereocenters. The van der Waals surface area contributed by atoms with E-state index in [1.165, 1.54) is 29.1 Å². The first-order valence-corrected chi connectivity index (χ1v) is 16.0. The minimum atomic E-state index is -3.87. The third-order valence-electron chi connectivity index (χ3n) is 7.22. The van der Waals surface area contributed by atoms with Gasteiger partial charge in [-0.15, -0.1) is 22.7 Å². The number of piperidine rings is 1. The molecule has 0 spiro atoms. The topological polar surface area (TPSA) is 90.0 Å². The highest BCUT2D eigenvalue weighted by Crippen LogP contribution is 2.35. The summed E-state index contributed by atoms with van der Waals surface area (Å²) in [5, 5.41) is 1.78. The molecule has 3 fully saturated rings. The maximum atomic E-state index is 13.2. The van der Waals surface area contributed by atoms with Crippen LogP contribution in [0, 0.1) is 0 Å². The second kappa shape index (κ2) is 11.1. The van der Waals surface area contributed by atoms with Crippen molar-refractivity contribution in [2.24, 2.45) is 0 Å². The Labute approximate surface area is 225 Å². The standard InChI is InChI=1S/C24H31ClN4O4S3/c25-21-8-7-20(35-21)17-13-23(34-16-17)36(32,33)26-19-6-4-11-28(24(19)31)15-22(30)29-12-3-5-18(29)14-27-9-1-2-10-27/h7-8,13,16,18-19,26H,1-6,9-12,14-15H2. The van der Waals surface area contributed by atoms with Gasteiger partial charge in [0.05, 0.1) is 10.9 Å². The molecule has 3 aliphatic heterocycles. The molecular weight excluding hydrogens is 540 g/mol. The first-order chi connectivity index (χ1) is 17.3. The van der Waals surface area contributed by atoms with Crippen LogP contribution in [-0.2, 0) is 19.6 Å². The number of sulfonamides is 1. The molecule has 2 aromatic heterocycles. The van der Waals surface area contributed by atoms with Gasteiger partial charge in [0, 0.05) is 41.5 Å². The van der Waals surface area contributed by atoms with Gasteiger partial charge in [-0.05, 0) is 69.8 Å². The van der Waals surface area contributed by atoms with Gasteiger partial charge in [-0.3, -0.25) is 9.59 Å². The molecule has 3 saturated heterocycles. The Morgan fingerprint density at radius 2 is 1.86 bits per heavy atom. The SMILES string of the molecule is O=C1C(NS(=O)(=O)c2cc(-c3ccc(Cl)s3)cs2)CCCN1CC(=O)N1CCCC1CN1CCCC1. The number of carbonyl (C=O) groups excluding carboxylic acids is 2. The molecule has 3 aliphatic rings. The lowest BCUT2D eigenvalue weighted by Gasteiger charge is -2.34. The summed E-state index contributed by atoms with van der Waals surface area (Å²) in [6, 6.07) is 4.58. The van der Waals surface area contributed by atoms with Crippen LogP contribution in [0.2, 0.25) is 4.34 Å².